The summed E-state index contributed by atoms with van der Waals surface area (Å²) in [5, 5.41) is 3.19. The molecule has 20 heavy (non-hydrogen) atoms. The van der Waals surface area contributed by atoms with Crippen LogP contribution in [0.4, 0.5) is 0 Å². The van der Waals surface area contributed by atoms with Crippen molar-refractivity contribution in [2.75, 3.05) is 7.11 Å². The summed E-state index contributed by atoms with van der Waals surface area (Å²) in [6, 6.07) is 8.09. The smallest absolute Gasteiger partial charge is 0.224 e. The summed E-state index contributed by atoms with van der Waals surface area (Å²) in [6.45, 7) is 0. The van der Waals surface area contributed by atoms with E-state index in [1.54, 1.807) is 7.11 Å². The minimum absolute atomic E-state index is 0.140. The molecule has 1 amide bonds. The van der Waals surface area contributed by atoms with Crippen LogP contribution in [0.25, 0.3) is 0 Å². The maximum absolute atomic E-state index is 12.1. The predicted octanol–water partition coefficient (Wildman–Crippen LogP) is 3.47. The van der Waals surface area contributed by atoms with Gasteiger partial charge in [-0.1, -0.05) is 44.2 Å². The lowest BCUT2D eigenvalue weighted by molar-refractivity contribution is -0.121. The van der Waals surface area contributed by atoms with Gasteiger partial charge >= 0.3 is 0 Å². The Bertz CT molecular complexity index is 406. The monoisotopic (exact) mass is 275 g/mol. The second kappa shape index (κ2) is 7.93. The zero-order chi connectivity index (χ0) is 14.2. The highest BCUT2D eigenvalue weighted by molar-refractivity contribution is 5.78. The molecule has 2 rings (SSSR count). The summed E-state index contributed by atoms with van der Waals surface area (Å²) in [6.07, 6.45) is 9.19. The molecule has 0 spiro atoms. The van der Waals surface area contributed by atoms with Crippen LogP contribution in [-0.4, -0.2) is 19.1 Å². The van der Waals surface area contributed by atoms with Crippen molar-refractivity contribution in [3.8, 4) is 5.75 Å². The Morgan fingerprint density at radius 3 is 2.30 bits per heavy atom. The van der Waals surface area contributed by atoms with E-state index in [0.29, 0.717) is 12.5 Å². The van der Waals surface area contributed by atoms with Crippen molar-refractivity contribution in [3.05, 3.63) is 29.8 Å². The van der Waals surface area contributed by atoms with Gasteiger partial charge in [-0.05, 0) is 30.5 Å². The standard InChI is InChI=1S/C17H25NO2/c1-20-16-11-9-14(10-12-16)13-17(19)18-15-7-5-3-2-4-6-8-15/h9-12,15H,2-8,13H2,1H3,(H,18,19). The van der Waals surface area contributed by atoms with Gasteiger partial charge in [0.1, 0.15) is 5.75 Å². The molecule has 0 bridgehead atoms. The van der Waals surface area contributed by atoms with E-state index in [0.717, 1.165) is 24.2 Å². The fourth-order valence-electron chi connectivity index (χ4n) is 2.81. The fraction of sp³-hybridized carbons (Fsp3) is 0.588. The Morgan fingerprint density at radius 2 is 1.70 bits per heavy atom. The van der Waals surface area contributed by atoms with Crippen molar-refractivity contribution < 1.29 is 9.53 Å². The van der Waals surface area contributed by atoms with Crippen LogP contribution in [0.15, 0.2) is 24.3 Å². The van der Waals surface area contributed by atoms with Crippen LogP contribution < -0.4 is 10.1 Å². The summed E-state index contributed by atoms with van der Waals surface area (Å²) in [7, 11) is 1.65. The first-order valence-corrected chi connectivity index (χ1v) is 7.70. The molecule has 0 aliphatic heterocycles. The molecule has 0 heterocycles. The largest absolute Gasteiger partial charge is 0.497 e. The van der Waals surface area contributed by atoms with Gasteiger partial charge in [0.05, 0.1) is 13.5 Å². The second-order valence-corrected chi connectivity index (χ2v) is 5.63. The van der Waals surface area contributed by atoms with Crippen LogP contribution >= 0.6 is 0 Å². The lowest BCUT2D eigenvalue weighted by Gasteiger charge is -2.21. The van der Waals surface area contributed by atoms with Crippen molar-refractivity contribution in [3.63, 3.8) is 0 Å². The first kappa shape index (κ1) is 14.9. The molecule has 1 N–H and O–H groups in total. The molecule has 0 saturated heterocycles. The van der Waals surface area contributed by atoms with Crippen LogP contribution in [0.2, 0.25) is 0 Å². The molecule has 3 nitrogen and oxygen atoms in total. The number of carbonyl (C=O) groups is 1. The third-order valence-electron chi connectivity index (χ3n) is 3.99. The van der Waals surface area contributed by atoms with E-state index in [2.05, 4.69) is 5.32 Å². The molecule has 1 aliphatic rings. The highest BCUT2D eigenvalue weighted by Crippen LogP contribution is 2.17. The van der Waals surface area contributed by atoms with Gasteiger partial charge in [-0.15, -0.1) is 0 Å². The van der Waals surface area contributed by atoms with Gasteiger partial charge in [-0.25, -0.2) is 0 Å². The molecule has 1 aromatic carbocycles. The van der Waals surface area contributed by atoms with Crippen molar-refractivity contribution in [2.45, 2.75) is 57.4 Å². The molecule has 1 fully saturated rings. The summed E-state index contributed by atoms with van der Waals surface area (Å²) < 4.78 is 5.12. The number of methoxy groups -OCH3 is 1. The topological polar surface area (TPSA) is 38.3 Å². The van der Waals surface area contributed by atoms with Gasteiger partial charge in [0.2, 0.25) is 5.91 Å². The predicted molar refractivity (Wildman–Crippen MR) is 80.9 cm³/mol. The van der Waals surface area contributed by atoms with Gasteiger partial charge < -0.3 is 10.1 Å². The van der Waals surface area contributed by atoms with Crippen LogP contribution in [0.1, 0.15) is 50.5 Å². The number of carbonyl (C=O) groups excluding carboxylic acids is 1. The first-order valence-electron chi connectivity index (χ1n) is 7.70. The van der Waals surface area contributed by atoms with Crippen molar-refractivity contribution in [1.82, 2.24) is 5.32 Å². The van der Waals surface area contributed by atoms with E-state index in [-0.39, 0.29) is 5.91 Å². The average Bonchev–Trinajstić information content (AvgIpc) is 2.42. The molecular weight excluding hydrogens is 250 g/mol. The van der Waals surface area contributed by atoms with E-state index in [4.69, 9.17) is 4.74 Å². The molecule has 1 saturated carbocycles. The van der Waals surface area contributed by atoms with E-state index in [1.807, 2.05) is 24.3 Å². The van der Waals surface area contributed by atoms with Gasteiger partial charge in [-0.3, -0.25) is 4.79 Å². The molecule has 110 valence electrons. The molecule has 1 aromatic rings. The quantitative estimate of drug-likeness (QED) is 0.913. The Balaban J connectivity index is 1.81. The molecule has 0 unspecified atom stereocenters. The number of hydrogen-bond acceptors (Lipinski definition) is 2. The van der Waals surface area contributed by atoms with Crippen LogP contribution in [0, 0.1) is 0 Å². The summed E-state index contributed by atoms with van der Waals surface area (Å²) in [4.78, 5) is 12.1. The number of benzene rings is 1. The average molecular weight is 275 g/mol. The van der Waals surface area contributed by atoms with Gasteiger partial charge in [0.25, 0.3) is 0 Å². The third kappa shape index (κ3) is 4.87. The molecule has 1 aliphatic carbocycles. The summed E-state index contributed by atoms with van der Waals surface area (Å²) in [5.74, 6) is 0.968. The molecule has 0 aromatic heterocycles. The minimum atomic E-state index is 0.140. The highest BCUT2D eigenvalue weighted by Gasteiger charge is 2.14. The number of ether oxygens (including phenoxy) is 1. The zero-order valence-corrected chi connectivity index (χ0v) is 12.4. The third-order valence-corrected chi connectivity index (χ3v) is 3.99. The van der Waals surface area contributed by atoms with Gasteiger partial charge in [-0.2, -0.15) is 0 Å². The maximum Gasteiger partial charge on any atom is 0.224 e. The summed E-state index contributed by atoms with van der Waals surface area (Å²) in [5.41, 5.74) is 1.04. The zero-order valence-electron chi connectivity index (χ0n) is 12.4. The number of rotatable bonds is 4. The number of hydrogen-bond donors (Lipinski definition) is 1. The SMILES string of the molecule is COc1ccc(CC(=O)NC2CCCCCCC2)cc1. The summed E-state index contributed by atoms with van der Waals surface area (Å²) >= 11 is 0. The lowest BCUT2D eigenvalue weighted by atomic mass is 9.96. The molecular formula is C17H25NO2. The maximum atomic E-state index is 12.1. The van der Waals surface area contributed by atoms with E-state index >= 15 is 0 Å². The molecule has 0 radical (unpaired) electrons. The molecule has 0 atom stereocenters. The van der Waals surface area contributed by atoms with Crippen molar-refractivity contribution in [1.29, 1.82) is 0 Å². The Labute approximate surface area is 121 Å². The highest BCUT2D eigenvalue weighted by atomic mass is 16.5. The van der Waals surface area contributed by atoms with Crippen LogP contribution in [0.3, 0.4) is 0 Å². The lowest BCUT2D eigenvalue weighted by Crippen LogP contribution is -2.36. The van der Waals surface area contributed by atoms with Crippen molar-refractivity contribution >= 4 is 5.91 Å². The van der Waals surface area contributed by atoms with Crippen LogP contribution in [0.5, 0.6) is 5.75 Å². The second-order valence-electron chi connectivity index (χ2n) is 5.63. The Morgan fingerprint density at radius 1 is 1.10 bits per heavy atom. The number of amides is 1. The first-order chi connectivity index (χ1) is 9.78. The van der Waals surface area contributed by atoms with E-state index in [9.17, 15) is 4.79 Å². The van der Waals surface area contributed by atoms with E-state index < -0.39 is 0 Å². The molecule has 3 heteroatoms. The van der Waals surface area contributed by atoms with Crippen molar-refractivity contribution in [2.24, 2.45) is 0 Å². The Hall–Kier alpha value is -1.51. The normalized spacial score (nSPS) is 17.1. The van der Waals surface area contributed by atoms with Crippen LogP contribution in [-0.2, 0) is 11.2 Å². The minimum Gasteiger partial charge on any atom is -0.497 e. The van der Waals surface area contributed by atoms with Gasteiger partial charge in [0.15, 0.2) is 0 Å². The van der Waals surface area contributed by atoms with E-state index in [1.165, 1.54) is 32.1 Å². The Kier molecular flexibility index (Phi) is 5.90. The van der Waals surface area contributed by atoms with Gasteiger partial charge in [0, 0.05) is 6.04 Å². The fourth-order valence-corrected chi connectivity index (χ4v) is 2.81. The number of nitrogens with one attached hydrogen (secondary N) is 1.